The molecule has 0 aromatic rings. The molecule has 0 bridgehead atoms. The normalized spacial score (nSPS) is 30.0. The molecular formula is C34H55N5O7S. The molecule has 5 fully saturated rings. The fraction of sp³-hybridized carbons (Fsp3) is 0.853. The SMILES string of the molecule is CCC[C@H](NC(=O)[C@@H]1[C@H]2[C@@H](CN1C(=O)[C@@H](NC(=O)NC1([C@H]3CCCS3(=O)=O)CCCCC1)C(C)(C)C)C2(C)C)C(=O)C(=O)NC1CC1. The Morgan fingerprint density at radius 3 is 2.15 bits per heavy atom. The van der Waals surface area contributed by atoms with Crippen LogP contribution in [-0.4, -0.2) is 90.1 Å². The van der Waals surface area contributed by atoms with Gasteiger partial charge in [-0.3, -0.25) is 19.2 Å². The van der Waals surface area contributed by atoms with E-state index in [1.165, 1.54) is 0 Å². The van der Waals surface area contributed by atoms with E-state index in [1.54, 1.807) is 4.90 Å². The summed E-state index contributed by atoms with van der Waals surface area (Å²) in [6.07, 6.45) is 7.40. The second-order valence-corrected chi connectivity index (χ2v) is 18.8. The molecule has 47 heavy (non-hydrogen) atoms. The number of carbonyl (C=O) groups is 5. The van der Waals surface area contributed by atoms with E-state index in [0.717, 1.165) is 32.1 Å². The van der Waals surface area contributed by atoms with E-state index in [2.05, 4.69) is 35.1 Å². The molecule has 0 spiro atoms. The molecule has 12 nitrogen and oxygen atoms in total. The fourth-order valence-corrected chi connectivity index (χ4v) is 11.0. The van der Waals surface area contributed by atoms with E-state index in [-0.39, 0.29) is 29.0 Å². The number of Topliss-reactive ketones (excluding diaryl/α,β-unsaturated/α-hetero) is 1. The highest BCUT2D eigenvalue weighted by Crippen LogP contribution is 2.65. The Hall–Kier alpha value is -2.70. The molecule has 0 aromatic heterocycles. The zero-order valence-electron chi connectivity index (χ0n) is 28.9. The third kappa shape index (κ3) is 7.20. The Morgan fingerprint density at radius 2 is 1.60 bits per heavy atom. The third-order valence-electron chi connectivity index (χ3n) is 11.5. The highest BCUT2D eigenvalue weighted by atomic mass is 32.2. The smallest absolute Gasteiger partial charge is 0.315 e. The van der Waals surface area contributed by atoms with Crippen LogP contribution in [0.5, 0.6) is 0 Å². The molecule has 13 heteroatoms. The van der Waals surface area contributed by atoms with Gasteiger partial charge < -0.3 is 26.2 Å². The first-order chi connectivity index (χ1) is 21.9. The Kier molecular flexibility index (Phi) is 9.82. The highest BCUT2D eigenvalue weighted by molar-refractivity contribution is 7.92. The number of ketones is 1. The van der Waals surface area contributed by atoms with Crippen molar-refractivity contribution in [2.45, 2.75) is 147 Å². The number of sulfone groups is 1. The van der Waals surface area contributed by atoms with Gasteiger partial charge in [0.25, 0.3) is 5.91 Å². The van der Waals surface area contributed by atoms with Crippen molar-refractivity contribution in [2.75, 3.05) is 12.3 Å². The van der Waals surface area contributed by atoms with Crippen LogP contribution < -0.4 is 21.3 Å². The Bertz CT molecular complexity index is 1380. The molecule has 2 heterocycles. The lowest BCUT2D eigenvalue weighted by Gasteiger charge is -2.43. The molecule has 0 radical (unpaired) electrons. The van der Waals surface area contributed by atoms with Crippen molar-refractivity contribution < 1.29 is 32.4 Å². The van der Waals surface area contributed by atoms with E-state index < -0.39 is 73.7 Å². The molecule has 6 atom stereocenters. The third-order valence-corrected chi connectivity index (χ3v) is 14.0. The maximum Gasteiger partial charge on any atom is 0.315 e. The quantitative estimate of drug-likeness (QED) is 0.244. The molecule has 5 rings (SSSR count). The van der Waals surface area contributed by atoms with Crippen LogP contribution in [0.15, 0.2) is 0 Å². The summed E-state index contributed by atoms with van der Waals surface area (Å²) in [7, 11) is -3.35. The molecular weight excluding hydrogens is 622 g/mol. The number of urea groups is 1. The Labute approximate surface area is 279 Å². The van der Waals surface area contributed by atoms with E-state index >= 15 is 0 Å². The van der Waals surface area contributed by atoms with Crippen molar-refractivity contribution in [3.63, 3.8) is 0 Å². The topological polar surface area (TPSA) is 171 Å². The Balaban J connectivity index is 1.34. The van der Waals surface area contributed by atoms with Gasteiger partial charge >= 0.3 is 6.03 Å². The van der Waals surface area contributed by atoms with E-state index in [4.69, 9.17) is 0 Å². The maximum atomic E-state index is 14.4. The predicted octanol–water partition coefficient (Wildman–Crippen LogP) is 2.60. The lowest BCUT2D eigenvalue weighted by atomic mass is 9.78. The standard InChI is InChI=1S/C34H55N5O7S/c1-7-12-22(26(40)29(42)35-20-14-15-20)36-28(41)25-24-21(33(24,5)6)19-39(25)30(43)27(32(2,3)4)37-31(44)38-34(16-9-8-10-17-34)23-13-11-18-47(23,45)46/h20-25,27H,7-19H2,1-6H3,(H,35,42)(H,36,41)(H2,37,38,44)/t21-,22+,23-,24-,25+,27-/m1/s1. The van der Waals surface area contributed by atoms with Crippen LogP contribution in [0.3, 0.4) is 0 Å². The number of carbonyl (C=O) groups excluding carboxylic acids is 5. The number of nitrogens with one attached hydrogen (secondary N) is 4. The molecule has 3 saturated carbocycles. The van der Waals surface area contributed by atoms with Gasteiger partial charge in [0.1, 0.15) is 12.1 Å². The molecule has 2 saturated heterocycles. The summed E-state index contributed by atoms with van der Waals surface area (Å²) in [4.78, 5) is 69.4. The molecule has 5 aliphatic rings. The van der Waals surface area contributed by atoms with Crippen LogP contribution in [0.25, 0.3) is 0 Å². The first-order valence-electron chi connectivity index (χ1n) is 17.7. The van der Waals surface area contributed by atoms with E-state index in [0.29, 0.717) is 45.1 Å². The van der Waals surface area contributed by atoms with Crippen LogP contribution in [-0.2, 0) is 29.0 Å². The van der Waals surface area contributed by atoms with Crippen LogP contribution in [0, 0.1) is 22.7 Å². The lowest BCUT2D eigenvalue weighted by molar-refractivity contribution is -0.145. The van der Waals surface area contributed by atoms with Crippen LogP contribution >= 0.6 is 0 Å². The van der Waals surface area contributed by atoms with Gasteiger partial charge in [-0.1, -0.05) is 67.2 Å². The highest BCUT2D eigenvalue weighted by Gasteiger charge is 2.70. The van der Waals surface area contributed by atoms with Crippen molar-refractivity contribution in [1.29, 1.82) is 0 Å². The first kappa shape index (κ1) is 35.6. The Morgan fingerprint density at radius 1 is 0.936 bits per heavy atom. The second-order valence-electron chi connectivity index (χ2n) is 16.5. The van der Waals surface area contributed by atoms with Crippen molar-refractivity contribution in [2.24, 2.45) is 22.7 Å². The van der Waals surface area contributed by atoms with Gasteiger partial charge in [-0.05, 0) is 67.6 Å². The number of rotatable bonds is 11. The zero-order chi connectivity index (χ0) is 34.5. The van der Waals surface area contributed by atoms with Gasteiger partial charge in [0.15, 0.2) is 9.84 Å². The van der Waals surface area contributed by atoms with Gasteiger partial charge in [0, 0.05) is 12.6 Å². The minimum Gasteiger partial charge on any atom is -0.347 e. The summed E-state index contributed by atoms with van der Waals surface area (Å²) < 4.78 is 26.1. The molecule has 0 aromatic carbocycles. The van der Waals surface area contributed by atoms with Crippen LogP contribution in [0.4, 0.5) is 4.79 Å². The van der Waals surface area contributed by atoms with Crippen molar-refractivity contribution in [3.05, 3.63) is 0 Å². The average molecular weight is 678 g/mol. The van der Waals surface area contributed by atoms with Crippen molar-refractivity contribution in [3.8, 4) is 0 Å². The summed E-state index contributed by atoms with van der Waals surface area (Å²) in [6, 6.07) is -3.43. The molecule has 0 unspecified atom stereocenters. The van der Waals surface area contributed by atoms with Crippen LogP contribution in [0.1, 0.15) is 112 Å². The summed E-state index contributed by atoms with van der Waals surface area (Å²) in [6.45, 7) is 11.9. The van der Waals surface area contributed by atoms with Gasteiger partial charge in [0.05, 0.1) is 22.6 Å². The first-order valence-corrected chi connectivity index (χ1v) is 19.4. The van der Waals surface area contributed by atoms with Crippen molar-refractivity contribution >= 4 is 39.4 Å². The maximum absolute atomic E-state index is 14.4. The van der Waals surface area contributed by atoms with Gasteiger partial charge in [-0.15, -0.1) is 0 Å². The number of amides is 5. The average Bonchev–Trinajstić information content (AvgIpc) is 3.76. The summed E-state index contributed by atoms with van der Waals surface area (Å²) in [5, 5.41) is 10.9. The molecule has 264 valence electrons. The minimum atomic E-state index is -3.35. The number of hydrogen-bond acceptors (Lipinski definition) is 7. The number of likely N-dealkylation sites (tertiary alicyclic amines) is 1. The predicted molar refractivity (Wildman–Crippen MR) is 177 cm³/mol. The van der Waals surface area contributed by atoms with E-state index in [9.17, 15) is 32.4 Å². The van der Waals surface area contributed by atoms with E-state index in [1.807, 2.05) is 27.7 Å². The number of hydrogen-bond donors (Lipinski definition) is 4. The lowest BCUT2D eigenvalue weighted by Crippen LogP contribution is -2.65. The van der Waals surface area contributed by atoms with Crippen molar-refractivity contribution in [1.82, 2.24) is 26.2 Å². The summed E-state index contributed by atoms with van der Waals surface area (Å²) in [5.41, 5.74) is -1.80. The molecule has 5 amide bonds. The summed E-state index contributed by atoms with van der Waals surface area (Å²) in [5.74, 6) is -2.16. The number of fused-ring (bicyclic) bond motifs is 1. The summed E-state index contributed by atoms with van der Waals surface area (Å²) >= 11 is 0. The van der Waals surface area contributed by atoms with Gasteiger partial charge in [-0.2, -0.15) is 0 Å². The molecule has 3 aliphatic carbocycles. The molecule has 2 aliphatic heterocycles. The minimum absolute atomic E-state index is 0.00925. The van der Waals surface area contributed by atoms with Crippen LogP contribution in [0.2, 0.25) is 0 Å². The number of piperidine rings is 1. The van der Waals surface area contributed by atoms with Gasteiger partial charge in [0.2, 0.25) is 17.6 Å². The molecule has 4 N–H and O–H groups in total. The fourth-order valence-electron chi connectivity index (χ4n) is 8.60. The largest absolute Gasteiger partial charge is 0.347 e. The zero-order valence-corrected chi connectivity index (χ0v) is 29.8. The second kappa shape index (κ2) is 13.0. The number of nitrogens with zero attached hydrogens (tertiary/aromatic N) is 1. The van der Waals surface area contributed by atoms with Gasteiger partial charge in [-0.25, -0.2) is 13.2 Å². The monoisotopic (exact) mass is 677 g/mol.